The Morgan fingerprint density at radius 2 is 2.13 bits per heavy atom. The van der Waals surface area contributed by atoms with Gasteiger partial charge in [-0.25, -0.2) is 4.98 Å². The second-order valence-corrected chi connectivity index (χ2v) is 4.66. The first-order valence-electron chi connectivity index (χ1n) is 5.11. The van der Waals surface area contributed by atoms with Crippen molar-refractivity contribution < 1.29 is 0 Å². The van der Waals surface area contributed by atoms with Gasteiger partial charge in [-0.15, -0.1) is 0 Å². The molecule has 0 aliphatic carbocycles. The van der Waals surface area contributed by atoms with Gasteiger partial charge in [0.1, 0.15) is 12.2 Å². The van der Waals surface area contributed by atoms with Crippen LogP contribution in [-0.2, 0) is 13.5 Å². The molecule has 0 aliphatic heterocycles. The SMILES string of the molecule is CN(C)C(C)(C)C(N)Cc1ncnn1C. The van der Waals surface area contributed by atoms with Crippen molar-refractivity contribution in [2.24, 2.45) is 12.8 Å². The van der Waals surface area contributed by atoms with Crippen LogP contribution < -0.4 is 5.73 Å². The first-order valence-corrected chi connectivity index (χ1v) is 5.11. The van der Waals surface area contributed by atoms with E-state index in [0.717, 1.165) is 12.2 Å². The number of aromatic nitrogens is 3. The van der Waals surface area contributed by atoms with Crippen LogP contribution >= 0.6 is 0 Å². The maximum absolute atomic E-state index is 6.19. The molecule has 1 rings (SSSR count). The van der Waals surface area contributed by atoms with Crippen LogP contribution in [0.5, 0.6) is 0 Å². The van der Waals surface area contributed by atoms with Gasteiger partial charge in [-0.2, -0.15) is 5.10 Å². The van der Waals surface area contributed by atoms with Crippen molar-refractivity contribution >= 4 is 0 Å². The molecule has 1 heterocycles. The van der Waals surface area contributed by atoms with E-state index in [1.54, 1.807) is 11.0 Å². The lowest BCUT2D eigenvalue weighted by atomic mass is 9.91. The molecular formula is C10H21N5. The van der Waals surface area contributed by atoms with E-state index in [0.29, 0.717) is 0 Å². The average Bonchev–Trinajstić information content (AvgIpc) is 2.51. The third-order valence-corrected chi connectivity index (χ3v) is 3.27. The monoisotopic (exact) mass is 211 g/mol. The van der Waals surface area contributed by atoms with Crippen molar-refractivity contribution in [3.63, 3.8) is 0 Å². The molecule has 0 saturated carbocycles. The summed E-state index contributed by atoms with van der Waals surface area (Å²) in [6.45, 7) is 4.27. The van der Waals surface area contributed by atoms with Gasteiger partial charge in [-0.1, -0.05) is 0 Å². The standard InChI is InChI=1S/C10H21N5/c1-10(2,14(3)4)8(11)6-9-12-7-13-15(9)5/h7-8H,6,11H2,1-5H3. The molecule has 0 saturated heterocycles. The second-order valence-electron chi connectivity index (χ2n) is 4.66. The fourth-order valence-corrected chi connectivity index (χ4v) is 1.28. The van der Waals surface area contributed by atoms with Gasteiger partial charge in [0.15, 0.2) is 0 Å². The van der Waals surface area contributed by atoms with Crippen LogP contribution in [0.15, 0.2) is 6.33 Å². The van der Waals surface area contributed by atoms with Crippen molar-refractivity contribution in [2.75, 3.05) is 14.1 Å². The maximum Gasteiger partial charge on any atom is 0.138 e. The van der Waals surface area contributed by atoms with Crippen LogP contribution in [0.25, 0.3) is 0 Å². The molecule has 1 aromatic rings. The Labute approximate surface area is 91.3 Å². The molecule has 0 amide bonds. The molecule has 0 radical (unpaired) electrons. The zero-order valence-electron chi connectivity index (χ0n) is 10.2. The van der Waals surface area contributed by atoms with Gasteiger partial charge >= 0.3 is 0 Å². The van der Waals surface area contributed by atoms with Crippen LogP contribution in [0.4, 0.5) is 0 Å². The van der Waals surface area contributed by atoms with Crippen molar-refractivity contribution in [3.05, 3.63) is 12.2 Å². The van der Waals surface area contributed by atoms with Crippen molar-refractivity contribution in [1.82, 2.24) is 19.7 Å². The molecule has 86 valence electrons. The highest BCUT2D eigenvalue weighted by molar-refractivity contribution is 4.97. The lowest BCUT2D eigenvalue weighted by molar-refractivity contribution is 0.156. The second kappa shape index (κ2) is 4.28. The minimum Gasteiger partial charge on any atom is -0.326 e. The van der Waals surface area contributed by atoms with E-state index < -0.39 is 0 Å². The summed E-state index contributed by atoms with van der Waals surface area (Å²) in [6.07, 6.45) is 2.30. The van der Waals surface area contributed by atoms with E-state index in [4.69, 9.17) is 5.73 Å². The summed E-state index contributed by atoms with van der Waals surface area (Å²) in [5.74, 6) is 0.928. The molecule has 0 aromatic carbocycles. The summed E-state index contributed by atoms with van der Waals surface area (Å²) in [7, 11) is 5.96. The lowest BCUT2D eigenvalue weighted by Crippen LogP contribution is -2.54. The highest BCUT2D eigenvalue weighted by Gasteiger charge is 2.29. The van der Waals surface area contributed by atoms with Crippen LogP contribution in [0.2, 0.25) is 0 Å². The number of hydrogen-bond acceptors (Lipinski definition) is 4. The molecule has 0 fully saturated rings. The minimum atomic E-state index is -0.0497. The highest BCUT2D eigenvalue weighted by Crippen LogP contribution is 2.16. The summed E-state index contributed by atoms with van der Waals surface area (Å²) in [6, 6.07) is 0.0374. The third kappa shape index (κ3) is 2.54. The molecule has 0 bridgehead atoms. The first-order chi connectivity index (χ1) is 6.85. The molecule has 1 aromatic heterocycles. The van der Waals surface area contributed by atoms with E-state index in [-0.39, 0.29) is 11.6 Å². The van der Waals surface area contributed by atoms with Crippen LogP contribution in [-0.4, -0.2) is 45.3 Å². The van der Waals surface area contributed by atoms with E-state index in [9.17, 15) is 0 Å². The molecule has 0 aliphatic rings. The van der Waals surface area contributed by atoms with E-state index in [1.807, 2.05) is 21.1 Å². The third-order valence-electron chi connectivity index (χ3n) is 3.27. The van der Waals surface area contributed by atoms with Crippen LogP contribution in [0.1, 0.15) is 19.7 Å². The Balaban J connectivity index is 2.71. The number of nitrogens with zero attached hydrogens (tertiary/aromatic N) is 4. The summed E-state index contributed by atoms with van der Waals surface area (Å²) in [5.41, 5.74) is 6.14. The fourth-order valence-electron chi connectivity index (χ4n) is 1.28. The normalized spacial score (nSPS) is 14.6. The molecule has 15 heavy (non-hydrogen) atoms. The number of aryl methyl sites for hydroxylation is 1. The number of rotatable bonds is 4. The van der Waals surface area contributed by atoms with E-state index >= 15 is 0 Å². The molecule has 1 atom stereocenters. The van der Waals surface area contributed by atoms with Gasteiger partial charge in [-0.05, 0) is 27.9 Å². The van der Waals surface area contributed by atoms with Gasteiger partial charge in [-0.3, -0.25) is 4.68 Å². The average molecular weight is 211 g/mol. The number of likely N-dealkylation sites (N-methyl/N-ethyl adjacent to an activating group) is 1. The van der Waals surface area contributed by atoms with E-state index in [1.165, 1.54) is 0 Å². The first kappa shape index (κ1) is 12.1. The van der Waals surface area contributed by atoms with Crippen molar-refractivity contribution in [1.29, 1.82) is 0 Å². The Hall–Kier alpha value is -0.940. The van der Waals surface area contributed by atoms with E-state index in [2.05, 4.69) is 28.8 Å². The quantitative estimate of drug-likeness (QED) is 0.763. The molecule has 5 nitrogen and oxygen atoms in total. The zero-order valence-corrected chi connectivity index (χ0v) is 10.2. The number of nitrogens with two attached hydrogens (primary N) is 1. The Morgan fingerprint density at radius 3 is 2.53 bits per heavy atom. The molecule has 2 N–H and O–H groups in total. The lowest BCUT2D eigenvalue weighted by Gasteiger charge is -2.37. The predicted octanol–water partition coefficient (Wildman–Crippen LogP) is 0.0251. The molecule has 0 spiro atoms. The van der Waals surface area contributed by atoms with Crippen LogP contribution in [0, 0.1) is 0 Å². The van der Waals surface area contributed by atoms with Gasteiger partial charge < -0.3 is 10.6 Å². The maximum atomic E-state index is 6.19. The van der Waals surface area contributed by atoms with Crippen LogP contribution in [0.3, 0.4) is 0 Å². The predicted molar refractivity (Wildman–Crippen MR) is 60.4 cm³/mol. The Bertz CT molecular complexity index is 315. The topological polar surface area (TPSA) is 60.0 Å². The Kier molecular flexibility index (Phi) is 3.46. The summed E-state index contributed by atoms with van der Waals surface area (Å²) >= 11 is 0. The Morgan fingerprint density at radius 1 is 1.53 bits per heavy atom. The van der Waals surface area contributed by atoms with Gasteiger partial charge in [0, 0.05) is 25.0 Å². The fraction of sp³-hybridized carbons (Fsp3) is 0.800. The van der Waals surface area contributed by atoms with Gasteiger partial charge in [0.2, 0.25) is 0 Å². The number of hydrogen-bond donors (Lipinski definition) is 1. The summed E-state index contributed by atoms with van der Waals surface area (Å²) in [4.78, 5) is 6.31. The van der Waals surface area contributed by atoms with Gasteiger partial charge in [0.05, 0.1) is 0 Å². The zero-order chi connectivity index (χ0) is 11.6. The smallest absolute Gasteiger partial charge is 0.138 e. The molecule has 1 unspecified atom stereocenters. The van der Waals surface area contributed by atoms with Crippen molar-refractivity contribution in [2.45, 2.75) is 31.8 Å². The van der Waals surface area contributed by atoms with Gasteiger partial charge in [0.25, 0.3) is 0 Å². The molecular weight excluding hydrogens is 190 g/mol. The molecule has 5 heteroatoms. The summed E-state index contributed by atoms with van der Waals surface area (Å²) < 4.78 is 1.77. The summed E-state index contributed by atoms with van der Waals surface area (Å²) in [5, 5.41) is 4.03. The largest absolute Gasteiger partial charge is 0.326 e. The highest BCUT2D eigenvalue weighted by atomic mass is 15.3. The van der Waals surface area contributed by atoms with Crippen molar-refractivity contribution in [3.8, 4) is 0 Å². The minimum absolute atomic E-state index is 0.0374.